The lowest BCUT2D eigenvalue weighted by Gasteiger charge is -2.59. The molecular formula is C26H38O4. The number of carbonyl (C=O) groups is 2. The van der Waals surface area contributed by atoms with E-state index in [1.165, 1.54) is 25.7 Å². The standard InChI is InChI=1S/C26H38O4/c1-5-30-24(29)9-6-16(2)19-7-8-20-18-15-23(28)22-14-17(27)10-12-26(22,4)21(18)11-13-25(19,20)3/h6,9,14,16,18-21,23,28H,5,7-8,10-13,15H2,1-4H3/b9-6+/t16?,18?,19?,20?,21?,23-,25?,26?/m0/s1. The Labute approximate surface area is 181 Å². The van der Waals surface area contributed by atoms with E-state index in [-0.39, 0.29) is 22.6 Å². The second-order valence-electron chi connectivity index (χ2n) is 10.8. The highest BCUT2D eigenvalue weighted by Gasteiger charge is 2.60. The smallest absolute Gasteiger partial charge is 0.330 e. The summed E-state index contributed by atoms with van der Waals surface area (Å²) < 4.78 is 5.06. The normalized spacial score (nSPS) is 44.1. The van der Waals surface area contributed by atoms with Gasteiger partial charge in [0.15, 0.2) is 5.78 Å². The summed E-state index contributed by atoms with van der Waals surface area (Å²) in [6.45, 7) is 9.26. The number of hydrogen-bond acceptors (Lipinski definition) is 4. The minimum absolute atomic E-state index is 0.0227. The summed E-state index contributed by atoms with van der Waals surface area (Å²) in [4.78, 5) is 23.8. The third kappa shape index (κ3) is 3.39. The van der Waals surface area contributed by atoms with Gasteiger partial charge in [-0.2, -0.15) is 0 Å². The Balaban J connectivity index is 1.56. The molecule has 0 aromatic carbocycles. The third-order valence-electron chi connectivity index (χ3n) is 9.51. The van der Waals surface area contributed by atoms with Crippen molar-refractivity contribution in [2.45, 2.75) is 78.7 Å². The van der Waals surface area contributed by atoms with Crippen molar-refractivity contribution in [1.29, 1.82) is 0 Å². The highest BCUT2D eigenvalue weighted by molar-refractivity contribution is 5.91. The van der Waals surface area contributed by atoms with E-state index in [9.17, 15) is 14.7 Å². The van der Waals surface area contributed by atoms with Crippen molar-refractivity contribution >= 4 is 11.8 Å². The van der Waals surface area contributed by atoms with Crippen molar-refractivity contribution in [2.75, 3.05) is 6.61 Å². The van der Waals surface area contributed by atoms with Crippen LogP contribution in [-0.2, 0) is 14.3 Å². The number of rotatable bonds is 4. The highest BCUT2D eigenvalue weighted by atomic mass is 16.5. The lowest BCUT2D eigenvalue weighted by atomic mass is 9.46. The van der Waals surface area contributed by atoms with Crippen LogP contribution in [0, 0.1) is 40.4 Å². The van der Waals surface area contributed by atoms with Crippen LogP contribution in [0.3, 0.4) is 0 Å². The van der Waals surface area contributed by atoms with E-state index in [1.54, 1.807) is 12.2 Å². The van der Waals surface area contributed by atoms with Gasteiger partial charge in [-0.3, -0.25) is 4.79 Å². The second kappa shape index (κ2) is 7.93. The number of aliphatic hydroxyl groups excluding tert-OH is 1. The number of carbonyl (C=O) groups excluding carboxylic acids is 2. The lowest BCUT2D eigenvalue weighted by Crippen LogP contribution is -2.54. The maximum Gasteiger partial charge on any atom is 0.330 e. The topological polar surface area (TPSA) is 63.6 Å². The fraction of sp³-hybridized carbons (Fsp3) is 0.769. The summed E-state index contributed by atoms with van der Waals surface area (Å²) in [7, 11) is 0. The van der Waals surface area contributed by atoms with Gasteiger partial charge < -0.3 is 9.84 Å². The van der Waals surface area contributed by atoms with Crippen LogP contribution in [0.2, 0.25) is 0 Å². The summed E-state index contributed by atoms with van der Waals surface area (Å²) >= 11 is 0. The van der Waals surface area contributed by atoms with Crippen molar-refractivity contribution in [2.24, 2.45) is 40.4 Å². The van der Waals surface area contributed by atoms with Crippen molar-refractivity contribution in [3.05, 3.63) is 23.8 Å². The first-order valence-corrected chi connectivity index (χ1v) is 12.0. The number of allylic oxidation sites excluding steroid dienone is 1. The Bertz CT molecular complexity index is 767. The van der Waals surface area contributed by atoms with E-state index in [2.05, 4.69) is 20.8 Å². The molecule has 0 heterocycles. The Morgan fingerprint density at radius 1 is 1.27 bits per heavy atom. The monoisotopic (exact) mass is 414 g/mol. The van der Waals surface area contributed by atoms with Crippen molar-refractivity contribution in [3.63, 3.8) is 0 Å². The quantitative estimate of drug-likeness (QED) is 0.527. The van der Waals surface area contributed by atoms with Gasteiger partial charge in [0, 0.05) is 12.5 Å². The molecular weight excluding hydrogens is 376 g/mol. The van der Waals surface area contributed by atoms with Crippen LogP contribution < -0.4 is 0 Å². The molecule has 0 radical (unpaired) electrons. The predicted molar refractivity (Wildman–Crippen MR) is 117 cm³/mol. The van der Waals surface area contributed by atoms with Crippen LogP contribution >= 0.6 is 0 Å². The molecule has 4 aliphatic carbocycles. The Morgan fingerprint density at radius 3 is 2.77 bits per heavy atom. The zero-order valence-corrected chi connectivity index (χ0v) is 19.0. The molecule has 166 valence electrons. The van der Waals surface area contributed by atoms with Gasteiger partial charge in [-0.25, -0.2) is 4.79 Å². The summed E-state index contributed by atoms with van der Waals surface area (Å²) in [5.74, 6) is 2.55. The zero-order valence-electron chi connectivity index (χ0n) is 19.0. The summed E-state index contributed by atoms with van der Waals surface area (Å²) in [5, 5.41) is 11.0. The van der Waals surface area contributed by atoms with Gasteiger partial charge in [-0.1, -0.05) is 26.8 Å². The third-order valence-corrected chi connectivity index (χ3v) is 9.51. The molecule has 3 saturated carbocycles. The molecule has 4 rings (SSSR count). The molecule has 4 nitrogen and oxygen atoms in total. The van der Waals surface area contributed by atoms with Crippen LogP contribution in [0.5, 0.6) is 0 Å². The van der Waals surface area contributed by atoms with Crippen LogP contribution in [0.1, 0.15) is 72.6 Å². The second-order valence-corrected chi connectivity index (χ2v) is 10.8. The fourth-order valence-electron chi connectivity index (χ4n) is 8.07. The molecule has 7 unspecified atom stereocenters. The Morgan fingerprint density at radius 2 is 2.03 bits per heavy atom. The molecule has 30 heavy (non-hydrogen) atoms. The number of hydrogen-bond donors (Lipinski definition) is 1. The first-order chi connectivity index (χ1) is 14.2. The van der Waals surface area contributed by atoms with E-state index in [0.717, 1.165) is 18.4 Å². The van der Waals surface area contributed by atoms with Crippen LogP contribution in [-0.4, -0.2) is 29.6 Å². The molecule has 0 aromatic heterocycles. The Kier molecular flexibility index (Phi) is 5.76. The molecule has 0 saturated heterocycles. The minimum Gasteiger partial charge on any atom is -0.463 e. The van der Waals surface area contributed by atoms with Gasteiger partial charge in [-0.05, 0) is 97.5 Å². The van der Waals surface area contributed by atoms with Crippen molar-refractivity contribution in [3.8, 4) is 0 Å². The summed E-state index contributed by atoms with van der Waals surface area (Å²) in [5.41, 5.74) is 1.25. The highest BCUT2D eigenvalue weighted by Crippen LogP contribution is 2.67. The van der Waals surface area contributed by atoms with Gasteiger partial charge in [0.05, 0.1) is 12.7 Å². The molecule has 4 aliphatic rings. The fourth-order valence-corrected chi connectivity index (χ4v) is 8.07. The van der Waals surface area contributed by atoms with Crippen molar-refractivity contribution in [1.82, 2.24) is 0 Å². The number of ether oxygens (including phenoxy) is 1. The molecule has 0 amide bonds. The zero-order chi connectivity index (χ0) is 21.7. The van der Waals surface area contributed by atoms with E-state index in [1.807, 2.05) is 13.0 Å². The summed E-state index contributed by atoms with van der Waals surface area (Å²) in [6.07, 6.45) is 12.1. The molecule has 1 N–H and O–H groups in total. The molecule has 8 atom stereocenters. The first kappa shape index (κ1) is 21.8. The molecule has 0 aliphatic heterocycles. The van der Waals surface area contributed by atoms with Crippen LogP contribution in [0.4, 0.5) is 0 Å². The van der Waals surface area contributed by atoms with Gasteiger partial charge >= 0.3 is 5.97 Å². The Hall–Kier alpha value is -1.42. The van der Waals surface area contributed by atoms with E-state index in [4.69, 9.17) is 4.74 Å². The van der Waals surface area contributed by atoms with E-state index >= 15 is 0 Å². The lowest BCUT2D eigenvalue weighted by molar-refractivity contribution is -0.137. The SMILES string of the molecule is CCOC(=O)/C=C/C(C)C1CCC2C3C[C@H](O)C4=CC(=O)CCC4(C)C3CCC12C. The number of esters is 1. The average molecular weight is 415 g/mol. The van der Waals surface area contributed by atoms with E-state index < -0.39 is 6.10 Å². The molecule has 0 aromatic rings. The van der Waals surface area contributed by atoms with E-state index in [0.29, 0.717) is 42.6 Å². The maximum absolute atomic E-state index is 12.0. The number of aliphatic hydroxyl groups is 1. The maximum atomic E-state index is 12.0. The number of ketones is 1. The van der Waals surface area contributed by atoms with Gasteiger partial charge in [0.25, 0.3) is 0 Å². The molecule has 0 bridgehead atoms. The van der Waals surface area contributed by atoms with Crippen LogP contribution in [0.25, 0.3) is 0 Å². The molecule has 4 heteroatoms. The van der Waals surface area contributed by atoms with Crippen LogP contribution in [0.15, 0.2) is 23.8 Å². The predicted octanol–water partition coefficient (Wildman–Crippen LogP) is 4.86. The molecule has 3 fully saturated rings. The van der Waals surface area contributed by atoms with Crippen molar-refractivity contribution < 1.29 is 19.4 Å². The van der Waals surface area contributed by atoms with Gasteiger partial charge in [-0.15, -0.1) is 0 Å². The van der Waals surface area contributed by atoms with Gasteiger partial charge in [0.2, 0.25) is 0 Å². The number of fused-ring (bicyclic) bond motifs is 5. The average Bonchev–Trinajstić information content (AvgIpc) is 3.05. The van der Waals surface area contributed by atoms with Gasteiger partial charge in [0.1, 0.15) is 0 Å². The summed E-state index contributed by atoms with van der Waals surface area (Å²) in [6, 6.07) is 0. The largest absolute Gasteiger partial charge is 0.463 e. The first-order valence-electron chi connectivity index (χ1n) is 12.0. The minimum atomic E-state index is -0.469. The molecule has 0 spiro atoms.